The molecule has 146 valence electrons. The fraction of sp³-hybridized carbons (Fsp3) is 0.0769. The lowest BCUT2D eigenvalue weighted by molar-refractivity contribution is -0.121. The van der Waals surface area contributed by atoms with E-state index in [0.717, 1.165) is 33.7 Å². The maximum absolute atomic E-state index is 13.9. The number of carbonyl (C=O) groups is 1. The molecular formula is C26H20N2O2. The second-order valence-electron chi connectivity index (χ2n) is 7.38. The minimum absolute atomic E-state index is 0.109. The Morgan fingerprint density at radius 1 is 0.800 bits per heavy atom. The third kappa shape index (κ3) is 2.69. The van der Waals surface area contributed by atoms with Crippen LogP contribution in [0.4, 0.5) is 0 Å². The molecule has 3 aromatic carbocycles. The SMILES string of the molecule is Cc1cc(C2=C(c3ccccc3)NC(=O)C2(c2ccccc2)c2ccccc2)on1. The van der Waals surface area contributed by atoms with Gasteiger partial charge in [-0.15, -0.1) is 0 Å². The molecule has 4 heteroatoms. The standard InChI is InChI=1S/C26H20N2O2/c1-18-17-22(30-28-18)23-24(19-11-5-2-6-12-19)27-25(29)26(23,20-13-7-3-8-14-20)21-15-9-4-10-16-21/h2-17H,1H3,(H,27,29). The second kappa shape index (κ2) is 7.16. The first-order valence-electron chi connectivity index (χ1n) is 9.87. The van der Waals surface area contributed by atoms with Gasteiger partial charge in [-0.3, -0.25) is 4.79 Å². The van der Waals surface area contributed by atoms with Crippen molar-refractivity contribution in [3.8, 4) is 0 Å². The Bertz CT molecular complexity index is 1190. The molecule has 2 heterocycles. The fourth-order valence-electron chi connectivity index (χ4n) is 4.28. The number of carbonyl (C=O) groups excluding carboxylic acids is 1. The summed E-state index contributed by atoms with van der Waals surface area (Å²) >= 11 is 0. The molecule has 0 aliphatic carbocycles. The lowest BCUT2D eigenvalue weighted by atomic mass is 9.68. The zero-order valence-corrected chi connectivity index (χ0v) is 16.5. The van der Waals surface area contributed by atoms with Gasteiger partial charge in [0.05, 0.1) is 11.4 Å². The van der Waals surface area contributed by atoms with Gasteiger partial charge in [0.25, 0.3) is 0 Å². The summed E-state index contributed by atoms with van der Waals surface area (Å²) in [6.07, 6.45) is 0. The third-order valence-electron chi connectivity index (χ3n) is 5.55. The molecule has 0 saturated carbocycles. The van der Waals surface area contributed by atoms with Crippen LogP contribution in [-0.4, -0.2) is 11.1 Å². The molecule has 0 atom stereocenters. The zero-order valence-electron chi connectivity index (χ0n) is 16.5. The summed E-state index contributed by atoms with van der Waals surface area (Å²) in [5.41, 5.74) is 3.90. The Balaban J connectivity index is 1.91. The van der Waals surface area contributed by atoms with Crippen LogP contribution in [0.15, 0.2) is 102 Å². The van der Waals surface area contributed by atoms with Crippen molar-refractivity contribution in [2.45, 2.75) is 12.3 Å². The first kappa shape index (κ1) is 18.1. The highest BCUT2D eigenvalue weighted by atomic mass is 16.5. The predicted octanol–water partition coefficient (Wildman–Crippen LogP) is 4.97. The number of rotatable bonds is 4. The summed E-state index contributed by atoms with van der Waals surface area (Å²) < 4.78 is 5.75. The number of hydrogen-bond acceptors (Lipinski definition) is 3. The van der Waals surface area contributed by atoms with E-state index in [1.165, 1.54) is 0 Å². The number of hydrogen-bond donors (Lipinski definition) is 1. The van der Waals surface area contributed by atoms with Crippen LogP contribution in [0.2, 0.25) is 0 Å². The van der Waals surface area contributed by atoms with Crippen molar-refractivity contribution < 1.29 is 9.32 Å². The third-order valence-corrected chi connectivity index (χ3v) is 5.55. The number of benzene rings is 3. The van der Waals surface area contributed by atoms with E-state index < -0.39 is 5.41 Å². The van der Waals surface area contributed by atoms with Gasteiger partial charge >= 0.3 is 0 Å². The predicted molar refractivity (Wildman–Crippen MR) is 116 cm³/mol. The lowest BCUT2D eigenvalue weighted by Gasteiger charge is -2.30. The Morgan fingerprint density at radius 3 is 1.83 bits per heavy atom. The summed E-state index contributed by atoms with van der Waals surface area (Å²) in [6, 6.07) is 31.4. The molecule has 5 rings (SSSR count). The highest BCUT2D eigenvalue weighted by Crippen LogP contribution is 2.51. The largest absolute Gasteiger partial charge is 0.356 e. The molecule has 0 radical (unpaired) electrons. The smallest absolute Gasteiger partial charge is 0.244 e. The van der Waals surface area contributed by atoms with Gasteiger partial charge in [0.15, 0.2) is 5.76 Å². The number of nitrogens with zero attached hydrogens (tertiary/aromatic N) is 1. The van der Waals surface area contributed by atoms with E-state index in [1.54, 1.807) is 0 Å². The Kier molecular flexibility index (Phi) is 4.32. The van der Waals surface area contributed by atoms with Crippen LogP contribution < -0.4 is 5.32 Å². The van der Waals surface area contributed by atoms with Crippen molar-refractivity contribution in [3.05, 3.63) is 125 Å². The highest BCUT2D eigenvalue weighted by molar-refractivity contribution is 6.20. The Hall–Kier alpha value is -3.92. The number of amides is 1. The Morgan fingerprint density at radius 2 is 1.33 bits per heavy atom. The van der Waals surface area contributed by atoms with Gasteiger partial charge in [-0.2, -0.15) is 0 Å². The normalized spacial score (nSPS) is 15.3. The lowest BCUT2D eigenvalue weighted by Crippen LogP contribution is -2.39. The topological polar surface area (TPSA) is 55.1 Å². The number of aryl methyl sites for hydroxylation is 1. The van der Waals surface area contributed by atoms with Gasteiger partial charge in [-0.05, 0) is 23.6 Å². The van der Waals surface area contributed by atoms with Crippen LogP contribution in [-0.2, 0) is 10.2 Å². The summed E-state index contributed by atoms with van der Waals surface area (Å²) in [7, 11) is 0. The molecule has 4 aromatic rings. The van der Waals surface area contributed by atoms with Crippen LogP contribution in [0.25, 0.3) is 11.3 Å². The van der Waals surface area contributed by atoms with Gasteiger partial charge in [0.1, 0.15) is 5.41 Å². The molecule has 0 unspecified atom stereocenters. The van der Waals surface area contributed by atoms with E-state index in [4.69, 9.17) is 4.52 Å². The van der Waals surface area contributed by atoms with Crippen LogP contribution in [0.1, 0.15) is 28.1 Å². The molecule has 0 bridgehead atoms. The summed E-state index contributed by atoms with van der Waals surface area (Å²) in [5.74, 6) is 0.472. The van der Waals surface area contributed by atoms with Crippen molar-refractivity contribution in [3.63, 3.8) is 0 Å². The van der Waals surface area contributed by atoms with Crippen molar-refractivity contribution in [1.82, 2.24) is 10.5 Å². The zero-order chi connectivity index (χ0) is 20.6. The molecule has 0 fully saturated rings. The van der Waals surface area contributed by atoms with Crippen LogP contribution in [0, 0.1) is 6.92 Å². The van der Waals surface area contributed by atoms with Crippen molar-refractivity contribution in [2.24, 2.45) is 0 Å². The molecule has 1 amide bonds. The van der Waals surface area contributed by atoms with Crippen molar-refractivity contribution >= 4 is 17.2 Å². The quantitative estimate of drug-likeness (QED) is 0.534. The minimum atomic E-state index is -1.06. The molecule has 30 heavy (non-hydrogen) atoms. The average Bonchev–Trinajstić information content (AvgIpc) is 3.36. The van der Waals surface area contributed by atoms with E-state index in [0.29, 0.717) is 5.76 Å². The van der Waals surface area contributed by atoms with E-state index in [-0.39, 0.29) is 5.91 Å². The summed E-state index contributed by atoms with van der Waals surface area (Å²) in [4.78, 5) is 13.9. The molecule has 0 saturated heterocycles. The van der Waals surface area contributed by atoms with E-state index in [2.05, 4.69) is 10.5 Å². The monoisotopic (exact) mass is 392 g/mol. The van der Waals surface area contributed by atoms with E-state index in [9.17, 15) is 4.79 Å². The van der Waals surface area contributed by atoms with Crippen LogP contribution >= 0.6 is 0 Å². The van der Waals surface area contributed by atoms with Gasteiger partial charge in [0, 0.05) is 11.6 Å². The number of aromatic nitrogens is 1. The molecular weight excluding hydrogens is 372 g/mol. The maximum atomic E-state index is 13.9. The number of nitrogens with one attached hydrogen (secondary N) is 1. The summed E-state index contributed by atoms with van der Waals surface area (Å²) in [5, 5.41) is 7.29. The molecule has 1 aliphatic heterocycles. The van der Waals surface area contributed by atoms with Gasteiger partial charge in [-0.1, -0.05) is 96.2 Å². The molecule has 4 nitrogen and oxygen atoms in total. The average molecular weight is 392 g/mol. The van der Waals surface area contributed by atoms with E-state index >= 15 is 0 Å². The van der Waals surface area contributed by atoms with Crippen LogP contribution in [0.3, 0.4) is 0 Å². The van der Waals surface area contributed by atoms with Crippen LogP contribution in [0.5, 0.6) is 0 Å². The Labute approximate surface area is 174 Å². The van der Waals surface area contributed by atoms with Gasteiger partial charge in [0.2, 0.25) is 5.91 Å². The van der Waals surface area contributed by atoms with Crippen molar-refractivity contribution in [2.75, 3.05) is 0 Å². The van der Waals surface area contributed by atoms with Crippen molar-refractivity contribution in [1.29, 1.82) is 0 Å². The van der Waals surface area contributed by atoms with Gasteiger partial charge < -0.3 is 9.84 Å². The molecule has 1 aromatic heterocycles. The molecule has 0 spiro atoms. The highest BCUT2D eigenvalue weighted by Gasteiger charge is 2.53. The maximum Gasteiger partial charge on any atom is 0.244 e. The molecule has 1 N–H and O–H groups in total. The first-order chi connectivity index (χ1) is 14.7. The first-order valence-corrected chi connectivity index (χ1v) is 9.87. The minimum Gasteiger partial charge on any atom is -0.356 e. The molecule has 1 aliphatic rings. The fourth-order valence-corrected chi connectivity index (χ4v) is 4.28. The van der Waals surface area contributed by atoms with Gasteiger partial charge in [-0.25, -0.2) is 0 Å². The second-order valence-corrected chi connectivity index (χ2v) is 7.38. The van der Waals surface area contributed by atoms with E-state index in [1.807, 2.05) is 104 Å². The summed E-state index contributed by atoms with van der Waals surface area (Å²) in [6.45, 7) is 1.88.